The lowest BCUT2D eigenvalue weighted by Gasteiger charge is -2.33. The number of H-pyrrole nitrogens is 1. The van der Waals surface area contributed by atoms with E-state index in [1.54, 1.807) is 0 Å². The summed E-state index contributed by atoms with van der Waals surface area (Å²) < 4.78 is 7.02. The van der Waals surface area contributed by atoms with E-state index in [1.807, 2.05) is 0 Å². The molecule has 8 N–H and O–H groups in total. The number of imidazole rings is 1. The maximum Gasteiger partial charge on any atom is 0.280 e. The minimum Gasteiger partial charge on any atom is -0.394 e. The van der Waals surface area contributed by atoms with E-state index in [2.05, 4.69) is 15.0 Å². The molecule has 0 radical (unpaired) electrons. The molecule has 4 atom stereocenters. The molecule has 1 fully saturated rings. The normalized spacial score (nSPS) is 31.0. The first-order valence-corrected chi connectivity index (χ1v) is 7.03. The van der Waals surface area contributed by atoms with Gasteiger partial charge in [0.05, 0.1) is 12.9 Å². The highest BCUT2D eigenvalue weighted by Crippen LogP contribution is 2.39. The summed E-state index contributed by atoms with van der Waals surface area (Å²) in [5, 5.41) is 29.9. The van der Waals surface area contributed by atoms with Crippen molar-refractivity contribution in [1.82, 2.24) is 19.5 Å². The van der Waals surface area contributed by atoms with Crippen LogP contribution >= 0.6 is 0 Å². The number of aliphatic hydroxyl groups excluding tert-OH is 3. The topological polar surface area (TPSA) is 186 Å². The van der Waals surface area contributed by atoms with E-state index in [0.717, 1.165) is 0 Å². The number of nitrogens with zero attached hydrogens (tertiary/aromatic N) is 3. The van der Waals surface area contributed by atoms with E-state index in [4.69, 9.17) is 16.2 Å². The standard InChI is InChI=1S/C12H18N6O5/c13-2-1-12(8(21)7(20)5(3-19)23-12)18-4-15-6-9(18)16-11(14)17-10(6)22/h4-5,7-8,19-21H,1-3,13H2,(H3,14,16,17,22)/t5-,7-,8-,12-/m1/s1. The number of aromatic nitrogens is 4. The summed E-state index contributed by atoms with van der Waals surface area (Å²) in [5.74, 6) is -0.126. The quantitative estimate of drug-likeness (QED) is 0.337. The van der Waals surface area contributed by atoms with Crippen LogP contribution in [0.5, 0.6) is 0 Å². The van der Waals surface area contributed by atoms with Crippen LogP contribution in [0.25, 0.3) is 11.2 Å². The van der Waals surface area contributed by atoms with Crippen molar-refractivity contribution in [3.8, 4) is 0 Å². The molecule has 0 bridgehead atoms. The number of aromatic amines is 1. The van der Waals surface area contributed by atoms with Crippen molar-refractivity contribution in [1.29, 1.82) is 0 Å². The number of nitrogens with one attached hydrogen (secondary N) is 1. The summed E-state index contributed by atoms with van der Waals surface area (Å²) in [6.07, 6.45) is -2.38. The summed E-state index contributed by atoms with van der Waals surface area (Å²) in [4.78, 5) is 22.2. The van der Waals surface area contributed by atoms with Crippen molar-refractivity contribution in [2.75, 3.05) is 18.9 Å². The van der Waals surface area contributed by atoms with Crippen molar-refractivity contribution in [3.63, 3.8) is 0 Å². The number of anilines is 1. The van der Waals surface area contributed by atoms with Crippen LogP contribution in [0.3, 0.4) is 0 Å². The van der Waals surface area contributed by atoms with Crippen molar-refractivity contribution < 1.29 is 20.1 Å². The fourth-order valence-electron chi connectivity index (χ4n) is 2.95. The first kappa shape index (κ1) is 15.8. The smallest absolute Gasteiger partial charge is 0.280 e. The van der Waals surface area contributed by atoms with E-state index in [1.165, 1.54) is 10.9 Å². The van der Waals surface area contributed by atoms with Crippen LogP contribution in [0.1, 0.15) is 6.42 Å². The van der Waals surface area contributed by atoms with Crippen LogP contribution in [-0.4, -0.2) is 66.3 Å². The second-order valence-corrected chi connectivity index (χ2v) is 5.40. The molecule has 0 aromatic carbocycles. The van der Waals surface area contributed by atoms with Gasteiger partial charge >= 0.3 is 0 Å². The Morgan fingerprint density at radius 3 is 2.83 bits per heavy atom. The third kappa shape index (κ3) is 2.21. The van der Waals surface area contributed by atoms with Gasteiger partial charge in [-0.3, -0.25) is 14.3 Å². The Kier molecular flexibility index (Phi) is 3.82. The Hall–Kier alpha value is -2.05. The van der Waals surface area contributed by atoms with Crippen molar-refractivity contribution >= 4 is 17.1 Å². The molecule has 1 aliphatic rings. The molecule has 126 valence electrons. The number of fused-ring (bicyclic) bond motifs is 1. The number of nitrogen functional groups attached to an aromatic ring is 1. The maximum atomic E-state index is 11.9. The van der Waals surface area contributed by atoms with Gasteiger partial charge in [0.25, 0.3) is 5.56 Å². The summed E-state index contributed by atoms with van der Waals surface area (Å²) in [7, 11) is 0. The lowest BCUT2D eigenvalue weighted by atomic mass is 9.99. The van der Waals surface area contributed by atoms with Gasteiger partial charge in [-0.15, -0.1) is 0 Å². The van der Waals surface area contributed by atoms with Gasteiger partial charge in [0.1, 0.15) is 18.3 Å². The second-order valence-electron chi connectivity index (χ2n) is 5.40. The Bertz CT molecular complexity index is 775. The van der Waals surface area contributed by atoms with E-state index in [0.29, 0.717) is 0 Å². The van der Waals surface area contributed by atoms with Gasteiger partial charge in [-0.1, -0.05) is 0 Å². The molecule has 0 spiro atoms. The number of nitrogens with two attached hydrogens (primary N) is 2. The summed E-state index contributed by atoms with van der Waals surface area (Å²) in [6, 6.07) is 0. The molecule has 0 unspecified atom stereocenters. The monoisotopic (exact) mass is 326 g/mol. The van der Waals surface area contributed by atoms with Crippen LogP contribution in [0, 0.1) is 0 Å². The molecular formula is C12H18N6O5. The number of rotatable bonds is 4. The lowest BCUT2D eigenvalue weighted by molar-refractivity contribution is -0.148. The lowest BCUT2D eigenvalue weighted by Crippen LogP contribution is -2.47. The third-order valence-electron chi connectivity index (χ3n) is 4.04. The Balaban J connectivity index is 2.22. The fraction of sp³-hybridized carbons (Fsp3) is 0.583. The average molecular weight is 326 g/mol. The minimum absolute atomic E-state index is 0.00772. The van der Waals surface area contributed by atoms with E-state index >= 15 is 0 Å². The van der Waals surface area contributed by atoms with Crippen LogP contribution in [0.15, 0.2) is 11.1 Å². The highest BCUT2D eigenvalue weighted by molar-refractivity contribution is 5.70. The number of hydrogen-bond donors (Lipinski definition) is 6. The summed E-state index contributed by atoms with van der Waals surface area (Å²) in [6.45, 7) is -0.381. The van der Waals surface area contributed by atoms with Crippen LogP contribution in [0.2, 0.25) is 0 Å². The van der Waals surface area contributed by atoms with E-state index in [9.17, 15) is 20.1 Å². The molecule has 1 saturated heterocycles. The largest absolute Gasteiger partial charge is 0.394 e. The van der Waals surface area contributed by atoms with Gasteiger partial charge in [0, 0.05) is 6.42 Å². The Labute approximate surface area is 129 Å². The number of hydrogen-bond acceptors (Lipinski definition) is 9. The number of ether oxygens (including phenoxy) is 1. The molecule has 2 aromatic heterocycles. The Morgan fingerprint density at radius 1 is 1.48 bits per heavy atom. The van der Waals surface area contributed by atoms with Gasteiger partial charge in [-0.2, -0.15) is 4.98 Å². The zero-order valence-corrected chi connectivity index (χ0v) is 12.1. The zero-order valence-electron chi connectivity index (χ0n) is 12.1. The molecule has 0 saturated carbocycles. The molecule has 11 nitrogen and oxygen atoms in total. The minimum atomic E-state index is -1.51. The summed E-state index contributed by atoms with van der Waals surface area (Å²) >= 11 is 0. The molecule has 1 aliphatic heterocycles. The molecule has 23 heavy (non-hydrogen) atoms. The Morgan fingerprint density at radius 2 is 2.22 bits per heavy atom. The van der Waals surface area contributed by atoms with Crippen molar-refractivity contribution in [2.24, 2.45) is 5.73 Å². The van der Waals surface area contributed by atoms with Crippen LogP contribution in [-0.2, 0) is 10.5 Å². The molecule has 11 heteroatoms. The molecular weight excluding hydrogens is 308 g/mol. The van der Waals surface area contributed by atoms with Gasteiger partial charge in [-0.05, 0) is 6.54 Å². The van der Waals surface area contributed by atoms with Gasteiger partial charge in [-0.25, -0.2) is 4.98 Å². The van der Waals surface area contributed by atoms with Gasteiger partial charge in [0.15, 0.2) is 16.9 Å². The van der Waals surface area contributed by atoms with Crippen LogP contribution in [0.4, 0.5) is 5.95 Å². The third-order valence-corrected chi connectivity index (χ3v) is 4.04. The first-order chi connectivity index (χ1) is 10.9. The molecule has 2 aromatic rings. The van der Waals surface area contributed by atoms with E-state index in [-0.39, 0.29) is 30.1 Å². The SMILES string of the molecule is NCC[C@@]1(n2cnc3c(=O)[nH]c(N)nc32)O[C@H](CO)[C@@H](O)[C@H]1O. The van der Waals surface area contributed by atoms with Crippen molar-refractivity contribution in [2.45, 2.75) is 30.5 Å². The van der Waals surface area contributed by atoms with Gasteiger partial charge in [0.2, 0.25) is 5.95 Å². The summed E-state index contributed by atoms with van der Waals surface area (Å²) in [5.41, 5.74) is 9.22. The molecule has 0 aliphatic carbocycles. The zero-order chi connectivity index (χ0) is 16.8. The fourth-order valence-corrected chi connectivity index (χ4v) is 2.95. The highest BCUT2D eigenvalue weighted by atomic mass is 16.6. The van der Waals surface area contributed by atoms with Crippen molar-refractivity contribution in [3.05, 3.63) is 16.7 Å². The maximum absolute atomic E-state index is 11.9. The second kappa shape index (κ2) is 5.54. The first-order valence-electron chi connectivity index (χ1n) is 7.03. The predicted molar refractivity (Wildman–Crippen MR) is 78.2 cm³/mol. The molecule has 3 rings (SSSR count). The predicted octanol–water partition coefficient (Wildman–Crippen LogP) is -3.18. The van der Waals surface area contributed by atoms with E-state index < -0.39 is 36.2 Å². The van der Waals surface area contributed by atoms with Crippen LogP contribution < -0.4 is 17.0 Å². The average Bonchev–Trinajstić information content (AvgIpc) is 3.03. The molecule has 0 amide bonds. The number of aliphatic hydroxyl groups is 3. The van der Waals surface area contributed by atoms with Gasteiger partial charge < -0.3 is 31.5 Å². The highest BCUT2D eigenvalue weighted by Gasteiger charge is 2.55. The molecule has 3 heterocycles.